The highest BCUT2D eigenvalue weighted by Gasteiger charge is 2.05. The lowest BCUT2D eigenvalue weighted by Gasteiger charge is -2.08. The fourth-order valence-corrected chi connectivity index (χ4v) is 2.71. The first kappa shape index (κ1) is 21.4. The molecule has 0 fully saturated rings. The summed E-state index contributed by atoms with van der Waals surface area (Å²) in [7, 11) is 0. The maximum atomic E-state index is 9.88. The van der Waals surface area contributed by atoms with E-state index >= 15 is 0 Å². The van der Waals surface area contributed by atoms with Gasteiger partial charge in [0.15, 0.2) is 23.0 Å². The van der Waals surface area contributed by atoms with E-state index in [1.54, 1.807) is 24.7 Å². The van der Waals surface area contributed by atoms with Crippen LogP contribution in [0.5, 0.6) is 23.0 Å². The lowest BCUT2D eigenvalue weighted by Crippen LogP contribution is -1.92. The van der Waals surface area contributed by atoms with Gasteiger partial charge in [0, 0.05) is 0 Å². The van der Waals surface area contributed by atoms with E-state index in [-0.39, 0.29) is 11.5 Å². The third-order valence-corrected chi connectivity index (χ3v) is 4.28. The highest BCUT2D eigenvalue weighted by molar-refractivity contribution is 5.43. The average Bonchev–Trinajstić information content (AvgIpc) is 2.70. The molecule has 0 unspecified atom stereocenters. The molecule has 0 saturated carbocycles. The summed E-state index contributed by atoms with van der Waals surface area (Å²) in [4.78, 5) is 0. The van der Waals surface area contributed by atoms with Gasteiger partial charge in [-0.15, -0.1) is 0 Å². The molecule has 0 radical (unpaired) electrons. The first-order chi connectivity index (χ1) is 13.6. The second kappa shape index (κ2) is 11.8. The van der Waals surface area contributed by atoms with E-state index in [1.807, 2.05) is 50.3 Å². The Hall–Kier alpha value is -2.88. The number of phenolic OH excluding ortho intramolecular Hbond substituents is 2. The summed E-state index contributed by atoms with van der Waals surface area (Å²) in [6.07, 6.45) is 12.7. The zero-order chi connectivity index (χ0) is 20.2. The Morgan fingerprint density at radius 3 is 1.54 bits per heavy atom. The number of aryl methyl sites for hydroxylation is 2. The van der Waals surface area contributed by atoms with Gasteiger partial charge >= 0.3 is 0 Å². The topological polar surface area (TPSA) is 58.9 Å². The molecule has 28 heavy (non-hydrogen) atoms. The highest BCUT2D eigenvalue weighted by atomic mass is 16.5. The largest absolute Gasteiger partial charge is 0.504 e. The quantitative estimate of drug-likeness (QED) is 0.355. The molecule has 0 aliphatic rings. The number of allylic oxidation sites excluding steroid dienone is 2. The molecule has 2 rings (SSSR count). The van der Waals surface area contributed by atoms with Crippen molar-refractivity contribution in [2.45, 2.75) is 52.4 Å². The number of ether oxygens (including phenoxy) is 2. The number of benzene rings is 2. The van der Waals surface area contributed by atoms with Gasteiger partial charge < -0.3 is 19.7 Å². The fraction of sp³-hybridized carbons (Fsp3) is 0.333. The minimum absolute atomic E-state index is 0.151. The van der Waals surface area contributed by atoms with E-state index in [0.717, 1.165) is 49.7 Å². The van der Waals surface area contributed by atoms with Gasteiger partial charge in [0.2, 0.25) is 0 Å². The summed E-state index contributed by atoms with van der Waals surface area (Å²) in [6, 6.07) is 11.0. The van der Waals surface area contributed by atoms with E-state index in [0.29, 0.717) is 11.5 Å². The van der Waals surface area contributed by atoms with Crippen molar-refractivity contribution >= 4 is 0 Å². The van der Waals surface area contributed by atoms with E-state index in [1.165, 1.54) is 0 Å². The van der Waals surface area contributed by atoms with Crippen LogP contribution in [0.2, 0.25) is 0 Å². The Balaban J connectivity index is 1.85. The maximum absolute atomic E-state index is 9.88. The minimum atomic E-state index is 0.151. The maximum Gasteiger partial charge on any atom is 0.168 e. The zero-order valence-corrected chi connectivity index (χ0v) is 16.7. The molecule has 0 saturated heterocycles. The molecular formula is C24H30O4. The third kappa shape index (κ3) is 7.03. The van der Waals surface area contributed by atoms with Crippen LogP contribution in [0.15, 0.2) is 61.1 Å². The van der Waals surface area contributed by atoms with Crippen LogP contribution in [0.1, 0.15) is 50.7 Å². The summed E-state index contributed by atoms with van der Waals surface area (Å²) in [5.74, 6) is 1.28. The minimum Gasteiger partial charge on any atom is -0.504 e. The van der Waals surface area contributed by atoms with Crippen LogP contribution in [0.25, 0.3) is 0 Å². The lowest BCUT2D eigenvalue weighted by atomic mass is 10.0. The smallest absolute Gasteiger partial charge is 0.168 e. The molecule has 2 aromatic carbocycles. The van der Waals surface area contributed by atoms with Crippen molar-refractivity contribution in [3.63, 3.8) is 0 Å². The van der Waals surface area contributed by atoms with Crippen LogP contribution >= 0.6 is 0 Å². The molecule has 0 aliphatic carbocycles. The fourth-order valence-electron chi connectivity index (χ4n) is 2.71. The zero-order valence-electron chi connectivity index (χ0n) is 16.7. The summed E-state index contributed by atoms with van der Waals surface area (Å²) in [6.45, 7) is 4.06. The van der Waals surface area contributed by atoms with Crippen molar-refractivity contribution in [1.82, 2.24) is 0 Å². The van der Waals surface area contributed by atoms with Gasteiger partial charge in [-0.25, -0.2) is 0 Å². The van der Waals surface area contributed by atoms with E-state index < -0.39 is 0 Å². The molecule has 0 bridgehead atoms. The van der Waals surface area contributed by atoms with E-state index in [4.69, 9.17) is 9.47 Å². The average molecular weight is 383 g/mol. The Bertz CT molecular complexity index is 726. The summed E-state index contributed by atoms with van der Waals surface area (Å²) in [5, 5.41) is 19.8. The van der Waals surface area contributed by atoms with Crippen LogP contribution in [0, 0.1) is 0 Å². The summed E-state index contributed by atoms with van der Waals surface area (Å²) >= 11 is 0. The van der Waals surface area contributed by atoms with Crippen molar-refractivity contribution in [1.29, 1.82) is 0 Å². The van der Waals surface area contributed by atoms with Crippen LogP contribution in [0.4, 0.5) is 0 Å². The van der Waals surface area contributed by atoms with Crippen molar-refractivity contribution in [2.75, 3.05) is 0 Å². The first-order valence-electron chi connectivity index (χ1n) is 9.91. The van der Waals surface area contributed by atoms with Gasteiger partial charge in [0.25, 0.3) is 0 Å². The number of rotatable bonds is 11. The van der Waals surface area contributed by atoms with Gasteiger partial charge in [-0.1, -0.05) is 26.0 Å². The molecular weight excluding hydrogens is 352 g/mol. The molecule has 0 aromatic heterocycles. The predicted molar refractivity (Wildman–Crippen MR) is 113 cm³/mol. The van der Waals surface area contributed by atoms with Crippen molar-refractivity contribution in [3.05, 3.63) is 72.2 Å². The Labute approximate surface area is 167 Å². The Morgan fingerprint density at radius 2 is 1.14 bits per heavy atom. The number of aromatic hydroxyl groups is 2. The Kier molecular flexibility index (Phi) is 8.99. The summed E-state index contributed by atoms with van der Waals surface area (Å²) < 4.78 is 11.0. The third-order valence-electron chi connectivity index (χ3n) is 4.28. The second-order valence-corrected chi connectivity index (χ2v) is 6.61. The number of hydrogen-bond donors (Lipinski definition) is 2. The van der Waals surface area contributed by atoms with Gasteiger partial charge in [-0.2, -0.15) is 0 Å². The number of phenols is 2. The molecule has 150 valence electrons. The normalized spacial score (nSPS) is 11.4. The monoisotopic (exact) mass is 382 g/mol. The predicted octanol–water partition coefficient (Wildman–Crippen LogP) is 6.27. The molecule has 4 nitrogen and oxygen atoms in total. The van der Waals surface area contributed by atoms with Crippen LogP contribution in [0.3, 0.4) is 0 Å². The summed E-state index contributed by atoms with van der Waals surface area (Å²) in [5.41, 5.74) is 2.27. The van der Waals surface area contributed by atoms with Gasteiger partial charge in [-0.05, 0) is 86.1 Å². The number of hydrogen-bond acceptors (Lipinski definition) is 4. The highest BCUT2D eigenvalue weighted by Crippen LogP contribution is 2.29. The second-order valence-electron chi connectivity index (χ2n) is 6.61. The standard InChI is InChI=1S/C24H30O4/c1-3-5-15-27-23-17-19(11-13-21(23)25)9-7-8-10-20-12-14-22(26)24(18-20)28-16-6-4-2/h5-6,11-18,25-26H,3-4,7-10H2,1-2H3. The molecule has 2 N–H and O–H groups in total. The molecule has 0 heterocycles. The van der Waals surface area contributed by atoms with Gasteiger partial charge in [0.05, 0.1) is 12.5 Å². The van der Waals surface area contributed by atoms with Crippen molar-refractivity contribution < 1.29 is 19.7 Å². The number of unbranched alkanes of at least 4 members (excludes halogenated alkanes) is 1. The first-order valence-corrected chi connectivity index (χ1v) is 9.91. The Morgan fingerprint density at radius 1 is 0.714 bits per heavy atom. The SMILES string of the molecule is CCC=COc1cc(CCCCc2ccc(O)c(OC=CCC)c2)ccc1O. The van der Waals surface area contributed by atoms with E-state index in [2.05, 4.69) is 0 Å². The van der Waals surface area contributed by atoms with Crippen LogP contribution in [-0.4, -0.2) is 10.2 Å². The van der Waals surface area contributed by atoms with Crippen LogP contribution in [-0.2, 0) is 12.8 Å². The molecule has 4 heteroatoms. The van der Waals surface area contributed by atoms with Gasteiger partial charge in [-0.3, -0.25) is 0 Å². The molecule has 2 aromatic rings. The molecule has 0 spiro atoms. The molecule has 0 amide bonds. The van der Waals surface area contributed by atoms with Crippen molar-refractivity contribution in [3.8, 4) is 23.0 Å². The van der Waals surface area contributed by atoms with E-state index in [9.17, 15) is 10.2 Å². The van der Waals surface area contributed by atoms with Crippen molar-refractivity contribution in [2.24, 2.45) is 0 Å². The lowest BCUT2D eigenvalue weighted by molar-refractivity contribution is 0.408. The van der Waals surface area contributed by atoms with Crippen LogP contribution < -0.4 is 9.47 Å². The van der Waals surface area contributed by atoms with Gasteiger partial charge in [0.1, 0.15) is 0 Å². The molecule has 0 atom stereocenters. The molecule has 0 aliphatic heterocycles.